The first-order valence-electron chi connectivity index (χ1n) is 5.96. The molecule has 1 aliphatic heterocycles. The van der Waals surface area contributed by atoms with E-state index in [9.17, 15) is 0 Å². The summed E-state index contributed by atoms with van der Waals surface area (Å²) < 4.78 is 5.44. The average molecular weight is 214 g/mol. The summed E-state index contributed by atoms with van der Waals surface area (Å²) in [6.07, 6.45) is 1.10. The molecule has 1 saturated heterocycles. The fourth-order valence-electron chi connectivity index (χ4n) is 2.15. The predicted molar refractivity (Wildman–Crippen MR) is 64.2 cm³/mol. The Kier molecular flexibility index (Phi) is 4.56. The van der Waals surface area contributed by atoms with E-state index >= 15 is 0 Å². The maximum absolute atomic E-state index is 5.44. The molecule has 2 atom stereocenters. The molecule has 0 spiro atoms. The lowest BCUT2D eigenvalue weighted by Gasteiger charge is -2.37. The Hall–Kier alpha value is -0.120. The van der Waals surface area contributed by atoms with Crippen molar-refractivity contribution in [3.05, 3.63) is 0 Å². The van der Waals surface area contributed by atoms with E-state index in [0.717, 1.165) is 26.1 Å². The number of nitrogens with zero attached hydrogens (tertiary/aromatic N) is 1. The van der Waals surface area contributed by atoms with Crippen LogP contribution in [0.4, 0.5) is 0 Å². The third kappa shape index (κ3) is 4.49. The van der Waals surface area contributed by atoms with Gasteiger partial charge in [0.15, 0.2) is 0 Å². The molecule has 0 radical (unpaired) electrons. The third-order valence-electron chi connectivity index (χ3n) is 3.22. The van der Waals surface area contributed by atoms with E-state index in [2.05, 4.69) is 37.9 Å². The smallest absolute Gasteiger partial charge is 0.0634 e. The zero-order valence-corrected chi connectivity index (χ0v) is 10.8. The highest BCUT2D eigenvalue weighted by Crippen LogP contribution is 2.15. The Balaban J connectivity index is 2.32. The summed E-state index contributed by atoms with van der Waals surface area (Å²) in [6, 6.07) is 1.22. The number of nitrogens with one attached hydrogen (secondary N) is 1. The molecule has 0 saturated carbocycles. The van der Waals surface area contributed by atoms with Crippen molar-refractivity contribution < 1.29 is 4.74 Å². The first-order chi connectivity index (χ1) is 6.93. The van der Waals surface area contributed by atoms with Gasteiger partial charge >= 0.3 is 0 Å². The zero-order valence-electron chi connectivity index (χ0n) is 10.8. The highest BCUT2D eigenvalue weighted by molar-refractivity contribution is 4.82. The molecule has 2 unspecified atom stereocenters. The minimum Gasteiger partial charge on any atom is -0.379 e. The fraction of sp³-hybridized carbons (Fsp3) is 1.00. The van der Waals surface area contributed by atoms with Gasteiger partial charge in [0, 0.05) is 38.8 Å². The molecule has 1 aliphatic rings. The lowest BCUT2D eigenvalue weighted by Crippen LogP contribution is -2.54. The number of hydrogen-bond acceptors (Lipinski definition) is 3. The van der Waals surface area contributed by atoms with Gasteiger partial charge in [-0.25, -0.2) is 0 Å². The molecule has 0 aromatic rings. The molecule has 1 fully saturated rings. The third-order valence-corrected chi connectivity index (χ3v) is 3.22. The van der Waals surface area contributed by atoms with Crippen molar-refractivity contribution in [1.82, 2.24) is 10.2 Å². The van der Waals surface area contributed by atoms with Crippen molar-refractivity contribution in [1.29, 1.82) is 0 Å². The van der Waals surface area contributed by atoms with Crippen LogP contribution in [-0.2, 0) is 4.74 Å². The molecule has 0 aromatic heterocycles. The van der Waals surface area contributed by atoms with E-state index in [0.29, 0.717) is 12.1 Å². The minimum atomic E-state index is 0.0113. The molecule has 0 aromatic carbocycles. The van der Waals surface area contributed by atoms with Crippen molar-refractivity contribution in [2.24, 2.45) is 0 Å². The second-order valence-corrected chi connectivity index (χ2v) is 5.44. The van der Waals surface area contributed by atoms with Crippen LogP contribution in [0.25, 0.3) is 0 Å². The normalized spacial score (nSPS) is 29.4. The van der Waals surface area contributed by atoms with Gasteiger partial charge in [0.05, 0.1) is 5.60 Å². The van der Waals surface area contributed by atoms with Gasteiger partial charge in [-0.05, 0) is 34.1 Å². The largest absolute Gasteiger partial charge is 0.379 e. The van der Waals surface area contributed by atoms with Crippen LogP contribution in [-0.4, -0.2) is 49.3 Å². The summed E-state index contributed by atoms with van der Waals surface area (Å²) >= 11 is 0. The maximum atomic E-state index is 5.44. The van der Waals surface area contributed by atoms with Crippen LogP contribution >= 0.6 is 0 Å². The Bertz CT molecular complexity index is 184. The standard InChI is InChI=1S/C12H26N2O/c1-10-8-14(9-11(2)13-10)7-6-12(3,4)15-5/h10-11,13H,6-9H2,1-5H3. The van der Waals surface area contributed by atoms with Gasteiger partial charge in [-0.1, -0.05) is 0 Å². The summed E-state index contributed by atoms with van der Waals surface area (Å²) in [4.78, 5) is 2.53. The maximum Gasteiger partial charge on any atom is 0.0634 e. The molecule has 0 aliphatic carbocycles. The number of piperazine rings is 1. The topological polar surface area (TPSA) is 24.5 Å². The Morgan fingerprint density at radius 3 is 2.27 bits per heavy atom. The van der Waals surface area contributed by atoms with Gasteiger partial charge in [0.25, 0.3) is 0 Å². The summed E-state index contributed by atoms with van der Waals surface area (Å²) in [5, 5.41) is 3.55. The highest BCUT2D eigenvalue weighted by atomic mass is 16.5. The second kappa shape index (κ2) is 5.28. The van der Waals surface area contributed by atoms with E-state index in [4.69, 9.17) is 4.74 Å². The molecule has 1 N–H and O–H groups in total. The van der Waals surface area contributed by atoms with Gasteiger partial charge in [-0.3, -0.25) is 0 Å². The van der Waals surface area contributed by atoms with Crippen molar-refractivity contribution in [3.63, 3.8) is 0 Å². The monoisotopic (exact) mass is 214 g/mol. The Morgan fingerprint density at radius 1 is 1.27 bits per heavy atom. The summed E-state index contributed by atoms with van der Waals surface area (Å²) in [7, 11) is 1.79. The van der Waals surface area contributed by atoms with Crippen molar-refractivity contribution in [3.8, 4) is 0 Å². The minimum absolute atomic E-state index is 0.0113. The lowest BCUT2D eigenvalue weighted by molar-refractivity contribution is 0.00421. The fourth-order valence-corrected chi connectivity index (χ4v) is 2.15. The number of ether oxygens (including phenoxy) is 1. The number of hydrogen-bond donors (Lipinski definition) is 1. The van der Waals surface area contributed by atoms with E-state index in [-0.39, 0.29) is 5.60 Å². The summed E-state index contributed by atoms with van der Waals surface area (Å²) in [5.74, 6) is 0. The van der Waals surface area contributed by atoms with Gasteiger partial charge in [-0.15, -0.1) is 0 Å². The van der Waals surface area contributed by atoms with Crippen LogP contribution in [0.1, 0.15) is 34.1 Å². The molecular formula is C12H26N2O. The molecule has 0 amide bonds. The molecular weight excluding hydrogens is 188 g/mol. The molecule has 3 heteroatoms. The lowest BCUT2D eigenvalue weighted by atomic mass is 10.0. The van der Waals surface area contributed by atoms with Crippen molar-refractivity contribution >= 4 is 0 Å². The molecule has 15 heavy (non-hydrogen) atoms. The molecule has 1 rings (SSSR count). The van der Waals surface area contributed by atoms with E-state index in [1.807, 2.05) is 0 Å². The SMILES string of the molecule is COC(C)(C)CCN1CC(C)NC(C)C1. The van der Waals surface area contributed by atoms with Crippen LogP contribution in [0.2, 0.25) is 0 Å². The quantitative estimate of drug-likeness (QED) is 0.767. The highest BCUT2D eigenvalue weighted by Gasteiger charge is 2.23. The van der Waals surface area contributed by atoms with Gasteiger partial charge < -0.3 is 15.0 Å². The summed E-state index contributed by atoms with van der Waals surface area (Å²) in [6.45, 7) is 12.3. The van der Waals surface area contributed by atoms with Crippen molar-refractivity contribution in [2.45, 2.75) is 51.8 Å². The summed E-state index contributed by atoms with van der Waals surface area (Å²) in [5.41, 5.74) is 0.0113. The molecule has 1 heterocycles. The van der Waals surface area contributed by atoms with E-state index in [1.54, 1.807) is 7.11 Å². The average Bonchev–Trinajstić information content (AvgIpc) is 2.14. The van der Waals surface area contributed by atoms with Crippen LogP contribution in [0.3, 0.4) is 0 Å². The number of rotatable bonds is 4. The van der Waals surface area contributed by atoms with Crippen LogP contribution in [0.5, 0.6) is 0 Å². The molecule has 0 bridgehead atoms. The first kappa shape index (κ1) is 12.9. The number of methoxy groups -OCH3 is 1. The molecule has 90 valence electrons. The molecule has 3 nitrogen and oxygen atoms in total. The predicted octanol–water partition coefficient (Wildman–Crippen LogP) is 1.48. The van der Waals surface area contributed by atoms with Crippen LogP contribution < -0.4 is 5.32 Å². The zero-order chi connectivity index (χ0) is 11.5. The van der Waals surface area contributed by atoms with Crippen LogP contribution in [0, 0.1) is 0 Å². The van der Waals surface area contributed by atoms with Crippen LogP contribution in [0.15, 0.2) is 0 Å². The Labute approximate surface area is 94.2 Å². The van der Waals surface area contributed by atoms with Crippen molar-refractivity contribution in [2.75, 3.05) is 26.7 Å². The van der Waals surface area contributed by atoms with E-state index in [1.165, 1.54) is 0 Å². The van der Waals surface area contributed by atoms with Gasteiger partial charge in [-0.2, -0.15) is 0 Å². The van der Waals surface area contributed by atoms with Gasteiger partial charge in [0.2, 0.25) is 0 Å². The first-order valence-corrected chi connectivity index (χ1v) is 5.96. The van der Waals surface area contributed by atoms with E-state index < -0.39 is 0 Å². The Morgan fingerprint density at radius 2 is 1.80 bits per heavy atom. The second-order valence-electron chi connectivity index (χ2n) is 5.44. The van der Waals surface area contributed by atoms with Gasteiger partial charge in [0.1, 0.15) is 0 Å².